The average molecular weight is 435 g/mol. The molecule has 0 heterocycles. The van der Waals surface area contributed by atoms with E-state index in [0.717, 1.165) is 38.5 Å². The summed E-state index contributed by atoms with van der Waals surface area (Å²) in [6.07, 6.45) is 7.92. The maximum atomic E-state index is 13.4. The molecule has 0 aromatic carbocycles. The molecule has 7 atom stereocenters. The molecule has 3 aliphatic carbocycles. The molecule has 31 heavy (non-hydrogen) atoms. The molecular formula is C26H42O5. The van der Waals surface area contributed by atoms with E-state index in [1.54, 1.807) is 0 Å². The molecule has 0 spiro atoms. The van der Waals surface area contributed by atoms with Crippen molar-refractivity contribution in [3.8, 4) is 0 Å². The molecule has 0 bridgehead atoms. The highest BCUT2D eigenvalue weighted by Gasteiger charge is 2.70. The Hall–Kier alpha value is -1.36. The quantitative estimate of drug-likeness (QED) is 0.484. The van der Waals surface area contributed by atoms with Gasteiger partial charge in [0.2, 0.25) is 0 Å². The molecule has 176 valence electrons. The van der Waals surface area contributed by atoms with Crippen molar-refractivity contribution >= 4 is 11.9 Å². The van der Waals surface area contributed by atoms with E-state index in [-0.39, 0.29) is 52.7 Å². The standard InChI is InChI=1S/C26H42O5/c1-17-10-12-26(7)24(5,14-13-23(4)18(2)9-8-11-25(23,26)6)21(17)22(29)31-16-20(28)15-30-19(3)27/h9,17,20-21,28H,8,10-16H2,1-7H3. The molecular weight excluding hydrogens is 392 g/mol. The van der Waals surface area contributed by atoms with Crippen molar-refractivity contribution in [3.63, 3.8) is 0 Å². The predicted molar refractivity (Wildman–Crippen MR) is 120 cm³/mol. The van der Waals surface area contributed by atoms with Gasteiger partial charge < -0.3 is 14.6 Å². The molecule has 0 radical (unpaired) electrons. The van der Waals surface area contributed by atoms with E-state index < -0.39 is 12.1 Å². The largest absolute Gasteiger partial charge is 0.463 e. The SMILES string of the molecule is CC(=O)OCC(O)COC(=O)C1C(C)CCC2(C)C1(C)CCC1(C)C(C)=CCCC12C. The van der Waals surface area contributed by atoms with Crippen LogP contribution in [0.3, 0.4) is 0 Å². The zero-order valence-electron chi connectivity index (χ0n) is 20.5. The summed E-state index contributed by atoms with van der Waals surface area (Å²) >= 11 is 0. The maximum Gasteiger partial charge on any atom is 0.309 e. The molecule has 0 amide bonds. The van der Waals surface area contributed by atoms with Crippen LogP contribution in [0.2, 0.25) is 0 Å². The van der Waals surface area contributed by atoms with Crippen LogP contribution in [-0.4, -0.2) is 36.4 Å². The first-order valence-corrected chi connectivity index (χ1v) is 12.0. The topological polar surface area (TPSA) is 72.8 Å². The van der Waals surface area contributed by atoms with Crippen molar-refractivity contribution in [1.82, 2.24) is 0 Å². The lowest BCUT2D eigenvalue weighted by molar-refractivity contribution is -0.230. The summed E-state index contributed by atoms with van der Waals surface area (Å²) in [6, 6.07) is 0. The summed E-state index contributed by atoms with van der Waals surface area (Å²) in [5.74, 6) is -0.618. The van der Waals surface area contributed by atoms with Crippen molar-refractivity contribution in [2.24, 2.45) is 33.5 Å². The molecule has 0 saturated heterocycles. The van der Waals surface area contributed by atoms with E-state index in [1.165, 1.54) is 12.5 Å². The Labute approximate surface area is 188 Å². The zero-order chi connectivity index (χ0) is 23.2. The smallest absolute Gasteiger partial charge is 0.309 e. The predicted octanol–water partition coefficient (Wildman–Crippen LogP) is 5.06. The second kappa shape index (κ2) is 8.20. The highest BCUT2D eigenvalue weighted by Crippen LogP contribution is 2.76. The lowest BCUT2D eigenvalue weighted by Crippen LogP contribution is -2.66. The Morgan fingerprint density at radius 1 is 1.06 bits per heavy atom. The van der Waals surface area contributed by atoms with Crippen LogP contribution in [0.25, 0.3) is 0 Å². The first-order valence-electron chi connectivity index (χ1n) is 12.0. The lowest BCUT2D eigenvalue weighted by atomic mass is 9.31. The molecule has 3 aliphatic rings. The van der Waals surface area contributed by atoms with Gasteiger partial charge in [-0.15, -0.1) is 0 Å². The Kier molecular flexibility index (Phi) is 6.43. The fourth-order valence-electron chi connectivity index (χ4n) is 7.68. The van der Waals surface area contributed by atoms with Gasteiger partial charge in [-0.2, -0.15) is 0 Å². The number of esters is 2. The van der Waals surface area contributed by atoms with Crippen molar-refractivity contribution in [3.05, 3.63) is 11.6 Å². The Morgan fingerprint density at radius 3 is 2.35 bits per heavy atom. The molecule has 2 fully saturated rings. The fourth-order valence-corrected chi connectivity index (χ4v) is 7.68. The fraction of sp³-hybridized carbons (Fsp3) is 0.846. The van der Waals surface area contributed by atoms with E-state index in [1.807, 2.05) is 0 Å². The minimum absolute atomic E-state index is 0.0229. The number of carbonyl (C=O) groups excluding carboxylic acids is 2. The summed E-state index contributed by atoms with van der Waals surface area (Å²) in [6.45, 7) is 15.1. The molecule has 3 rings (SSSR count). The van der Waals surface area contributed by atoms with Crippen LogP contribution in [0, 0.1) is 33.5 Å². The van der Waals surface area contributed by atoms with Gasteiger partial charge in [0.15, 0.2) is 0 Å². The zero-order valence-corrected chi connectivity index (χ0v) is 20.5. The first kappa shape index (κ1) is 24.3. The Morgan fingerprint density at radius 2 is 1.71 bits per heavy atom. The molecule has 2 saturated carbocycles. The van der Waals surface area contributed by atoms with E-state index >= 15 is 0 Å². The van der Waals surface area contributed by atoms with Gasteiger partial charge in [0, 0.05) is 6.92 Å². The van der Waals surface area contributed by atoms with E-state index in [4.69, 9.17) is 9.47 Å². The summed E-state index contributed by atoms with van der Waals surface area (Å²) < 4.78 is 10.5. The van der Waals surface area contributed by atoms with Gasteiger partial charge in [-0.25, -0.2) is 0 Å². The van der Waals surface area contributed by atoms with Crippen LogP contribution in [0.4, 0.5) is 0 Å². The van der Waals surface area contributed by atoms with Gasteiger partial charge in [-0.1, -0.05) is 46.3 Å². The van der Waals surface area contributed by atoms with E-state index in [2.05, 4.69) is 47.6 Å². The van der Waals surface area contributed by atoms with Gasteiger partial charge >= 0.3 is 11.9 Å². The van der Waals surface area contributed by atoms with Crippen LogP contribution in [0.15, 0.2) is 11.6 Å². The molecule has 5 heteroatoms. The molecule has 7 unspecified atom stereocenters. The number of ether oxygens (including phenoxy) is 2. The summed E-state index contributed by atoms with van der Waals surface area (Å²) in [5, 5.41) is 10.1. The number of fused-ring (bicyclic) bond motifs is 3. The highest BCUT2D eigenvalue weighted by atomic mass is 16.6. The average Bonchev–Trinajstić information content (AvgIpc) is 2.69. The third-order valence-electron chi connectivity index (χ3n) is 10.3. The van der Waals surface area contributed by atoms with Crippen LogP contribution in [0.5, 0.6) is 0 Å². The van der Waals surface area contributed by atoms with Crippen LogP contribution < -0.4 is 0 Å². The van der Waals surface area contributed by atoms with Crippen molar-refractivity contribution in [2.75, 3.05) is 13.2 Å². The van der Waals surface area contributed by atoms with Gasteiger partial charge in [0.05, 0.1) is 5.92 Å². The molecule has 0 aliphatic heterocycles. The van der Waals surface area contributed by atoms with E-state index in [9.17, 15) is 14.7 Å². The minimum Gasteiger partial charge on any atom is -0.463 e. The summed E-state index contributed by atoms with van der Waals surface area (Å²) in [7, 11) is 0. The first-order chi connectivity index (χ1) is 14.3. The normalized spacial score (nSPS) is 43.2. The number of hydrogen-bond acceptors (Lipinski definition) is 5. The molecule has 0 aromatic heterocycles. The number of hydrogen-bond donors (Lipinski definition) is 1. The maximum absolute atomic E-state index is 13.4. The van der Waals surface area contributed by atoms with Crippen LogP contribution in [-0.2, 0) is 19.1 Å². The highest BCUT2D eigenvalue weighted by molar-refractivity contribution is 5.74. The second-order valence-electron chi connectivity index (χ2n) is 11.4. The summed E-state index contributed by atoms with van der Waals surface area (Å²) in [5.41, 5.74) is 1.66. The van der Waals surface area contributed by atoms with Crippen molar-refractivity contribution in [1.29, 1.82) is 0 Å². The van der Waals surface area contributed by atoms with Gasteiger partial charge in [-0.05, 0) is 73.0 Å². The number of allylic oxidation sites excluding steroid dienone is 2. The number of rotatable bonds is 5. The third-order valence-corrected chi connectivity index (χ3v) is 10.3. The number of carbonyl (C=O) groups is 2. The monoisotopic (exact) mass is 434 g/mol. The Balaban J connectivity index is 1.86. The van der Waals surface area contributed by atoms with Crippen LogP contribution in [0.1, 0.15) is 87.0 Å². The number of aliphatic hydroxyl groups excluding tert-OH is 1. The summed E-state index contributed by atoms with van der Waals surface area (Å²) in [4.78, 5) is 24.4. The Bertz CT molecular complexity index is 759. The minimum atomic E-state index is -0.996. The van der Waals surface area contributed by atoms with Crippen LogP contribution >= 0.6 is 0 Å². The lowest BCUT2D eigenvalue weighted by Gasteiger charge is -2.72. The molecule has 1 N–H and O–H groups in total. The second-order valence-corrected chi connectivity index (χ2v) is 11.4. The molecule has 0 aromatic rings. The van der Waals surface area contributed by atoms with Gasteiger partial charge in [0.1, 0.15) is 19.3 Å². The van der Waals surface area contributed by atoms with Crippen molar-refractivity contribution in [2.45, 2.75) is 93.1 Å². The van der Waals surface area contributed by atoms with Crippen molar-refractivity contribution < 1.29 is 24.2 Å². The van der Waals surface area contributed by atoms with Gasteiger partial charge in [-0.3, -0.25) is 9.59 Å². The van der Waals surface area contributed by atoms with E-state index in [0.29, 0.717) is 0 Å². The third kappa shape index (κ3) is 3.55. The molecule has 5 nitrogen and oxygen atoms in total. The van der Waals surface area contributed by atoms with Gasteiger partial charge in [0.25, 0.3) is 0 Å². The number of aliphatic hydroxyl groups is 1.